The minimum atomic E-state index is -0.0693. The fourth-order valence-corrected chi connectivity index (χ4v) is 2.35. The highest BCUT2D eigenvalue weighted by Gasteiger charge is 2.33. The van der Waals surface area contributed by atoms with Crippen LogP contribution in [0.4, 0.5) is 0 Å². The lowest BCUT2D eigenvalue weighted by Crippen LogP contribution is -2.15. The Kier molecular flexibility index (Phi) is 2.07. The van der Waals surface area contributed by atoms with Crippen molar-refractivity contribution in [1.82, 2.24) is 0 Å². The van der Waals surface area contributed by atoms with Gasteiger partial charge in [-0.25, -0.2) is 0 Å². The number of ketones is 1. The van der Waals surface area contributed by atoms with Crippen molar-refractivity contribution < 1.29 is 4.79 Å². The van der Waals surface area contributed by atoms with E-state index < -0.39 is 0 Å². The van der Waals surface area contributed by atoms with Crippen molar-refractivity contribution >= 4 is 11.4 Å². The van der Waals surface area contributed by atoms with Crippen molar-refractivity contribution in [2.45, 2.75) is 27.7 Å². The number of Topliss-reactive ketones (excluding diaryl/α,β-unsaturated/α-hetero) is 1. The van der Waals surface area contributed by atoms with Crippen molar-refractivity contribution in [2.75, 3.05) is 0 Å². The summed E-state index contributed by atoms with van der Waals surface area (Å²) in [4.78, 5) is 12.2. The summed E-state index contributed by atoms with van der Waals surface area (Å²) >= 11 is 0. The first-order valence-electron chi connectivity index (χ1n) is 5.28. The third-order valence-corrected chi connectivity index (χ3v) is 2.93. The molecule has 78 valence electrons. The summed E-state index contributed by atoms with van der Waals surface area (Å²) in [5, 5.41) is 0. The van der Waals surface area contributed by atoms with Gasteiger partial charge in [0.15, 0.2) is 5.78 Å². The van der Waals surface area contributed by atoms with Crippen LogP contribution < -0.4 is 0 Å². The second-order valence-corrected chi connectivity index (χ2v) is 5.12. The molecule has 1 aromatic carbocycles. The van der Waals surface area contributed by atoms with Gasteiger partial charge < -0.3 is 0 Å². The molecule has 0 unspecified atom stereocenters. The molecule has 0 N–H and O–H groups in total. The molecule has 0 saturated carbocycles. The molecule has 1 nitrogen and oxygen atoms in total. The SMILES string of the molecule is CC1=C(C(C)(C)C)C(=O)c2ccccc21. The first kappa shape index (κ1) is 10.2. The molecule has 1 aromatic rings. The molecule has 0 atom stereocenters. The Balaban J connectivity index is 2.66. The van der Waals surface area contributed by atoms with Gasteiger partial charge in [0.05, 0.1) is 0 Å². The maximum absolute atomic E-state index is 12.2. The first-order valence-corrected chi connectivity index (χ1v) is 5.28. The number of carbonyl (C=O) groups is 1. The molecule has 0 radical (unpaired) electrons. The summed E-state index contributed by atoms with van der Waals surface area (Å²) in [7, 11) is 0. The van der Waals surface area contributed by atoms with Gasteiger partial charge in [-0.05, 0) is 23.5 Å². The Morgan fingerprint density at radius 3 is 2.00 bits per heavy atom. The molecule has 0 saturated heterocycles. The van der Waals surface area contributed by atoms with Gasteiger partial charge >= 0.3 is 0 Å². The molecule has 0 bridgehead atoms. The monoisotopic (exact) mass is 200 g/mol. The van der Waals surface area contributed by atoms with Gasteiger partial charge in [-0.2, -0.15) is 0 Å². The summed E-state index contributed by atoms with van der Waals surface area (Å²) in [6.07, 6.45) is 0. The highest BCUT2D eigenvalue weighted by molar-refractivity contribution is 6.21. The fourth-order valence-electron chi connectivity index (χ4n) is 2.35. The highest BCUT2D eigenvalue weighted by Crippen LogP contribution is 2.41. The van der Waals surface area contributed by atoms with E-state index in [0.717, 1.165) is 22.3 Å². The number of rotatable bonds is 0. The predicted molar refractivity (Wildman–Crippen MR) is 62.8 cm³/mol. The predicted octanol–water partition coefficient (Wildman–Crippen LogP) is 3.70. The lowest BCUT2D eigenvalue weighted by molar-refractivity contribution is 0.101. The second-order valence-electron chi connectivity index (χ2n) is 5.12. The Morgan fingerprint density at radius 2 is 1.53 bits per heavy atom. The van der Waals surface area contributed by atoms with Crippen LogP contribution in [0, 0.1) is 5.41 Å². The summed E-state index contributed by atoms with van der Waals surface area (Å²) in [6, 6.07) is 7.86. The molecule has 0 amide bonds. The molecule has 15 heavy (non-hydrogen) atoms. The molecule has 0 fully saturated rings. The standard InChI is InChI=1S/C14H16O/c1-9-10-7-5-6-8-11(10)13(15)12(9)14(2,3)4/h5-8H,1-4H3. The van der Waals surface area contributed by atoms with E-state index in [0.29, 0.717) is 0 Å². The first-order chi connectivity index (χ1) is 6.93. The van der Waals surface area contributed by atoms with E-state index in [4.69, 9.17) is 0 Å². The molecule has 1 heteroatoms. The van der Waals surface area contributed by atoms with Crippen LogP contribution in [0.15, 0.2) is 29.8 Å². The number of benzene rings is 1. The van der Waals surface area contributed by atoms with E-state index in [9.17, 15) is 4.79 Å². The van der Waals surface area contributed by atoms with Crippen LogP contribution in [-0.2, 0) is 0 Å². The summed E-state index contributed by atoms with van der Waals surface area (Å²) in [6.45, 7) is 8.32. The number of fused-ring (bicyclic) bond motifs is 1. The second kappa shape index (κ2) is 3.06. The quantitative estimate of drug-likeness (QED) is 0.624. The van der Waals surface area contributed by atoms with Gasteiger partial charge in [0, 0.05) is 11.1 Å². The van der Waals surface area contributed by atoms with Crippen molar-refractivity contribution in [3.05, 3.63) is 41.0 Å². The molecule has 1 aliphatic rings. The van der Waals surface area contributed by atoms with Crippen LogP contribution in [0.2, 0.25) is 0 Å². The molecule has 0 aromatic heterocycles. The highest BCUT2D eigenvalue weighted by atomic mass is 16.1. The van der Waals surface area contributed by atoms with E-state index >= 15 is 0 Å². The number of hydrogen-bond acceptors (Lipinski definition) is 1. The van der Waals surface area contributed by atoms with Crippen molar-refractivity contribution in [2.24, 2.45) is 5.41 Å². The average Bonchev–Trinajstić information content (AvgIpc) is 2.39. The van der Waals surface area contributed by atoms with Crippen LogP contribution in [0.1, 0.15) is 43.6 Å². The number of carbonyl (C=O) groups excluding carboxylic acids is 1. The summed E-state index contributed by atoms with van der Waals surface area (Å²) in [5.41, 5.74) is 4.00. The van der Waals surface area contributed by atoms with Gasteiger partial charge in [-0.3, -0.25) is 4.79 Å². The zero-order chi connectivity index (χ0) is 11.2. The van der Waals surface area contributed by atoms with E-state index in [1.54, 1.807) is 0 Å². The van der Waals surface area contributed by atoms with Crippen LogP contribution in [0.25, 0.3) is 5.57 Å². The minimum absolute atomic E-state index is 0.0693. The normalized spacial score (nSPS) is 15.9. The molecular formula is C14H16O. The van der Waals surface area contributed by atoms with Crippen molar-refractivity contribution in [1.29, 1.82) is 0 Å². The molecule has 1 aliphatic carbocycles. The Bertz CT molecular complexity index is 458. The van der Waals surface area contributed by atoms with Gasteiger partial charge in [-0.15, -0.1) is 0 Å². The lowest BCUT2D eigenvalue weighted by atomic mass is 9.83. The topological polar surface area (TPSA) is 17.1 Å². The Hall–Kier alpha value is -1.37. The molecule has 2 rings (SSSR count). The van der Waals surface area contributed by atoms with Crippen LogP contribution in [0.5, 0.6) is 0 Å². The third-order valence-electron chi connectivity index (χ3n) is 2.93. The zero-order valence-corrected chi connectivity index (χ0v) is 9.72. The molecule has 0 spiro atoms. The Labute approximate surface area is 90.8 Å². The van der Waals surface area contributed by atoms with E-state index in [1.165, 1.54) is 0 Å². The minimum Gasteiger partial charge on any atom is -0.289 e. The van der Waals surface area contributed by atoms with E-state index in [-0.39, 0.29) is 11.2 Å². The van der Waals surface area contributed by atoms with Gasteiger partial charge in [0.25, 0.3) is 0 Å². The van der Waals surface area contributed by atoms with Crippen LogP contribution >= 0.6 is 0 Å². The zero-order valence-electron chi connectivity index (χ0n) is 9.72. The smallest absolute Gasteiger partial charge is 0.190 e. The number of hydrogen-bond donors (Lipinski definition) is 0. The summed E-state index contributed by atoms with van der Waals surface area (Å²) < 4.78 is 0. The van der Waals surface area contributed by atoms with Crippen LogP contribution in [0.3, 0.4) is 0 Å². The summed E-state index contributed by atoms with van der Waals surface area (Å²) in [5.74, 6) is 0.204. The molecule has 0 aliphatic heterocycles. The van der Waals surface area contributed by atoms with E-state index in [1.807, 2.05) is 31.2 Å². The van der Waals surface area contributed by atoms with Crippen molar-refractivity contribution in [3.63, 3.8) is 0 Å². The van der Waals surface area contributed by atoms with Crippen LogP contribution in [-0.4, -0.2) is 5.78 Å². The fraction of sp³-hybridized carbons (Fsp3) is 0.357. The largest absolute Gasteiger partial charge is 0.289 e. The molecule has 0 heterocycles. The third kappa shape index (κ3) is 1.43. The van der Waals surface area contributed by atoms with Gasteiger partial charge in [0.2, 0.25) is 0 Å². The lowest BCUT2D eigenvalue weighted by Gasteiger charge is -2.20. The Morgan fingerprint density at radius 1 is 1.00 bits per heavy atom. The van der Waals surface area contributed by atoms with Gasteiger partial charge in [0.1, 0.15) is 0 Å². The van der Waals surface area contributed by atoms with Gasteiger partial charge in [-0.1, -0.05) is 45.0 Å². The van der Waals surface area contributed by atoms with E-state index in [2.05, 4.69) is 20.8 Å². The van der Waals surface area contributed by atoms with Crippen molar-refractivity contribution in [3.8, 4) is 0 Å². The average molecular weight is 200 g/mol. The maximum atomic E-state index is 12.2. The molecular weight excluding hydrogens is 184 g/mol. The number of allylic oxidation sites excluding steroid dienone is 2. The maximum Gasteiger partial charge on any atom is 0.190 e.